The summed E-state index contributed by atoms with van der Waals surface area (Å²) in [7, 11) is 1.65. The van der Waals surface area contributed by atoms with Gasteiger partial charge in [-0.25, -0.2) is 9.78 Å². The maximum Gasteiger partial charge on any atom is 0.336 e. The van der Waals surface area contributed by atoms with Crippen LogP contribution in [-0.4, -0.2) is 34.0 Å². The lowest BCUT2D eigenvalue weighted by Gasteiger charge is -2.07. The van der Waals surface area contributed by atoms with Gasteiger partial charge in [-0.15, -0.1) is 0 Å². The van der Waals surface area contributed by atoms with Crippen LogP contribution in [0.3, 0.4) is 0 Å². The van der Waals surface area contributed by atoms with Crippen molar-refractivity contribution in [1.82, 2.24) is 10.4 Å². The van der Waals surface area contributed by atoms with Crippen molar-refractivity contribution in [3.8, 4) is 17.6 Å². The summed E-state index contributed by atoms with van der Waals surface area (Å²) in [5, 5.41) is 18.8. The molecular formula is C30H41N3O4. The summed E-state index contributed by atoms with van der Waals surface area (Å²) in [6, 6.07) is 13.9. The second-order valence-corrected chi connectivity index (χ2v) is 7.98. The Hall–Kier alpha value is -3.73. The molecule has 7 heteroatoms. The zero-order valence-corrected chi connectivity index (χ0v) is 23.1. The number of phenolic OH excluding ortho intramolecular Hbond substituents is 1. The first kappa shape index (κ1) is 33.3. The molecule has 1 heterocycles. The highest BCUT2D eigenvalue weighted by molar-refractivity contribution is 6.06. The molecule has 3 rings (SSSR count). The zero-order chi connectivity index (χ0) is 28.4. The Morgan fingerprint density at radius 2 is 1.68 bits per heavy atom. The number of aromatic hydroxyl groups is 1. The minimum atomic E-state index is -1.08. The predicted molar refractivity (Wildman–Crippen MR) is 152 cm³/mol. The van der Waals surface area contributed by atoms with Crippen LogP contribution in [0.25, 0.3) is 10.9 Å². The largest absolute Gasteiger partial charge is 0.508 e. The fourth-order valence-corrected chi connectivity index (χ4v) is 3.03. The molecule has 7 nitrogen and oxygen atoms in total. The summed E-state index contributed by atoms with van der Waals surface area (Å²) in [4.78, 5) is 26.9. The van der Waals surface area contributed by atoms with Crippen molar-refractivity contribution < 1.29 is 19.8 Å². The van der Waals surface area contributed by atoms with E-state index in [4.69, 9.17) is 5.11 Å². The third kappa shape index (κ3) is 12.2. The SMILES string of the molecule is CC.CCC#Cc1ccc2nc(C(C)=O)cc(C(=O)O)c2c1.CCC(C)Cc1ccc(O)cc1.CNN. The molecule has 0 spiro atoms. The first-order chi connectivity index (χ1) is 17.7. The molecule has 0 fully saturated rings. The van der Waals surface area contributed by atoms with Gasteiger partial charge in [0.25, 0.3) is 0 Å². The highest BCUT2D eigenvalue weighted by atomic mass is 16.4. The number of carbonyl (C=O) groups excluding carboxylic acids is 1. The van der Waals surface area contributed by atoms with Gasteiger partial charge in [-0.3, -0.25) is 16.1 Å². The standard InChI is InChI=1S/C16H13NO3.C11H16O.C2H6.CH6N2/c1-3-4-5-11-6-7-14-12(8-11)13(16(19)20)9-15(17-14)10(2)18;1-3-9(2)8-10-4-6-11(12)7-5-10;1-2;1-3-2/h6-9H,3H2,1-2H3,(H,19,20);4-7,9,12H,3,8H2,1-2H3;1-2H3;3H,2H2,1H3. The number of hydrogen-bond acceptors (Lipinski definition) is 6. The summed E-state index contributed by atoms with van der Waals surface area (Å²) in [5.41, 5.74) is 5.00. The lowest BCUT2D eigenvalue weighted by atomic mass is 9.99. The second kappa shape index (κ2) is 18.5. The Bertz CT molecular complexity index is 1180. The number of benzene rings is 2. The highest BCUT2D eigenvalue weighted by Crippen LogP contribution is 2.20. The number of carbonyl (C=O) groups is 2. The number of phenols is 1. The minimum absolute atomic E-state index is 0.0698. The van der Waals surface area contributed by atoms with Gasteiger partial charge >= 0.3 is 5.97 Å². The van der Waals surface area contributed by atoms with Gasteiger partial charge in [-0.2, -0.15) is 0 Å². The molecule has 1 atom stereocenters. The molecule has 3 aromatic rings. The summed E-state index contributed by atoms with van der Waals surface area (Å²) in [6.45, 7) is 11.7. The number of fused-ring (bicyclic) bond motifs is 1. The molecule has 0 saturated heterocycles. The van der Waals surface area contributed by atoms with Crippen LogP contribution in [0, 0.1) is 17.8 Å². The Morgan fingerprint density at radius 1 is 1.08 bits per heavy atom. The van der Waals surface area contributed by atoms with E-state index in [1.54, 1.807) is 37.4 Å². The van der Waals surface area contributed by atoms with E-state index in [9.17, 15) is 14.7 Å². The van der Waals surface area contributed by atoms with Crippen LogP contribution in [0.15, 0.2) is 48.5 Å². The molecule has 1 aromatic heterocycles. The number of pyridine rings is 1. The van der Waals surface area contributed by atoms with E-state index in [0.717, 1.165) is 24.3 Å². The number of carboxylic acid groups (broad SMARTS) is 1. The van der Waals surface area contributed by atoms with Crippen molar-refractivity contribution in [3.63, 3.8) is 0 Å². The third-order valence-electron chi connectivity index (χ3n) is 5.03. The maximum absolute atomic E-state index is 11.4. The average molecular weight is 508 g/mol. The summed E-state index contributed by atoms with van der Waals surface area (Å²) in [5.74, 6) is 10.2. The van der Waals surface area contributed by atoms with Crippen LogP contribution in [0.5, 0.6) is 5.75 Å². The highest BCUT2D eigenvalue weighted by Gasteiger charge is 2.14. The number of ketones is 1. The number of rotatable bonds is 5. The number of nitrogens with two attached hydrogens (primary N) is 1. The number of aromatic nitrogens is 1. The van der Waals surface area contributed by atoms with Gasteiger partial charge in [-0.05, 0) is 61.3 Å². The second-order valence-electron chi connectivity index (χ2n) is 7.98. The molecule has 0 saturated carbocycles. The third-order valence-corrected chi connectivity index (χ3v) is 5.03. The molecule has 0 amide bonds. The van der Waals surface area contributed by atoms with E-state index >= 15 is 0 Å². The van der Waals surface area contributed by atoms with Gasteiger partial charge in [0.1, 0.15) is 11.4 Å². The van der Waals surface area contributed by atoms with Gasteiger partial charge in [0.2, 0.25) is 0 Å². The van der Waals surface area contributed by atoms with E-state index in [1.165, 1.54) is 25.0 Å². The van der Waals surface area contributed by atoms with Crippen molar-refractivity contribution in [2.24, 2.45) is 11.8 Å². The topological polar surface area (TPSA) is 126 Å². The Labute approximate surface area is 221 Å². The van der Waals surface area contributed by atoms with Crippen LogP contribution >= 0.6 is 0 Å². The molecule has 37 heavy (non-hydrogen) atoms. The molecule has 0 aliphatic carbocycles. The van der Waals surface area contributed by atoms with E-state index < -0.39 is 5.97 Å². The zero-order valence-electron chi connectivity index (χ0n) is 23.1. The maximum atomic E-state index is 11.4. The number of Topliss-reactive ketones (excluding diaryl/α,β-unsaturated/α-hetero) is 1. The van der Waals surface area contributed by atoms with Gasteiger partial charge < -0.3 is 10.2 Å². The number of hydrazine groups is 1. The molecule has 0 aliphatic heterocycles. The smallest absolute Gasteiger partial charge is 0.336 e. The average Bonchev–Trinajstić information content (AvgIpc) is 2.89. The van der Waals surface area contributed by atoms with E-state index in [-0.39, 0.29) is 17.0 Å². The van der Waals surface area contributed by atoms with Crippen LogP contribution in [0.1, 0.15) is 86.4 Å². The number of aromatic carboxylic acids is 1. The Balaban J connectivity index is 0.000000649. The molecule has 0 aliphatic rings. The van der Waals surface area contributed by atoms with Crippen LogP contribution in [-0.2, 0) is 6.42 Å². The number of nitrogens with zero attached hydrogens (tertiary/aromatic N) is 1. The van der Waals surface area contributed by atoms with Crippen molar-refractivity contribution >= 4 is 22.7 Å². The normalized spacial score (nSPS) is 10.2. The molecular weight excluding hydrogens is 466 g/mol. The van der Waals surface area contributed by atoms with Crippen LogP contribution in [0.2, 0.25) is 0 Å². The van der Waals surface area contributed by atoms with Gasteiger partial charge in [0.05, 0.1) is 11.1 Å². The van der Waals surface area contributed by atoms with Crippen molar-refractivity contribution in [1.29, 1.82) is 0 Å². The van der Waals surface area contributed by atoms with E-state index in [0.29, 0.717) is 16.7 Å². The fourth-order valence-electron chi connectivity index (χ4n) is 3.03. The Kier molecular flexibility index (Phi) is 16.7. The molecule has 0 bridgehead atoms. The summed E-state index contributed by atoms with van der Waals surface area (Å²) >= 11 is 0. The van der Waals surface area contributed by atoms with Crippen molar-refractivity contribution in [2.45, 2.75) is 60.8 Å². The van der Waals surface area contributed by atoms with Crippen molar-refractivity contribution in [2.75, 3.05) is 7.05 Å². The molecule has 0 radical (unpaired) electrons. The summed E-state index contributed by atoms with van der Waals surface area (Å²) in [6.07, 6.45) is 3.04. The lowest BCUT2D eigenvalue weighted by molar-refractivity contribution is 0.0699. The summed E-state index contributed by atoms with van der Waals surface area (Å²) < 4.78 is 0. The Morgan fingerprint density at radius 3 is 2.16 bits per heavy atom. The van der Waals surface area contributed by atoms with Gasteiger partial charge in [0, 0.05) is 24.3 Å². The van der Waals surface area contributed by atoms with E-state index in [1.807, 2.05) is 32.9 Å². The number of nitrogens with one attached hydrogen (secondary N) is 1. The monoisotopic (exact) mass is 507 g/mol. The minimum Gasteiger partial charge on any atom is -0.508 e. The number of carboxylic acids is 1. The van der Waals surface area contributed by atoms with E-state index in [2.05, 4.69) is 41.9 Å². The molecule has 200 valence electrons. The van der Waals surface area contributed by atoms with Gasteiger partial charge in [-0.1, -0.05) is 65.0 Å². The van der Waals surface area contributed by atoms with Crippen LogP contribution in [0.4, 0.5) is 0 Å². The van der Waals surface area contributed by atoms with Gasteiger partial charge in [0.15, 0.2) is 5.78 Å². The first-order valence-corrected chi connectivity index (χ1v) is 12.5. The van der Waals surface area contributed by atoms with Crippen molar-refractivity contribution in [3.05, 3.63) is 70.9 Å². The lowest BCUT2D eigenvalue weighted by Crippen LogP contribution is -2.13. The molecule has 5 N–H and O–H groups in total. The number of hydrogen-bond donors (Lipinski definition) is 4. The quantitative estimate of drug-likeness (QED) is 0.145. The fraction of sp³-hybridized carbons (Fsp3) is 0.367. The first-order valence-electron chi connectivity index (χ1n) is 12.5. The molecule has 2 aromatic carbocycles. The van der Waals surface area contributed by atoms with Crippen LogP contribution < -0.4 is 11.3 Å². The molecule has 1 unspecified atom stereocenters. The predicted octanol–water partition coefficient (Wildman–Crippen LogP) is 5.98.